The largest absolute Gasteiger partial charge is 0.418 e. The molecule has 0 bridgehead atoms. The Balaban J connectivity index is 1.52. The van der Waals surface area contributed by atoms with E-state index in [9.17, 15) is 13.2 Å². The van der Waals surface area contributed by atoms with Crippen LogP contribution in [0.25, 0.3) is 33.9 Å². The lowest BCUT2D eigenvalue weighted by molar-refractivity contribution is -0.137. The van der Waals surface area contributed by atoms with E-state index in [0.717, 1.165) is 29.9 Å². The number of anilines is 1. The van der Waals surface area contributed by atoms with Crippen LogP contribution >= 0.6 is 0 Å². The van der Waals surface area contributed by atoms with Gasteiger partial charge in [0.15, 0.2) is 0 Å². The molecule has 0 atom stereocenters. The van der Waals surface area contributed by atoms with Gasteiger partial charge in [0.05, 0.1) is 22.9 Å². The number of hydrogen-bond donors (Lipinski definition) is 1. The standard InChI is InChI=1S/C20H16F3N5O/c21-20(22,23)14-9-13(4-6-17(14)28-7-1-2-8-28)19-26-18(27-29-19)12-3-5-15-16(10-12)25-11-24-15/h3-6,9-11H,1-2,7-8H2,(H,24,25). The fourth-order valence-corrected chi connectivity index (χ4v) is 3.66. The second-order valence-corrected chi connectivity index (χ2v) is 6.98. The first-order chi connectivity index (χ1) is 14.0. The maximum absolute atomic E-state index is 13.7. The summed E-state index contributed by atoms with van der Waals surface area (Å²) in [5.41, 5.74) is 2.04. The Morgan fingerprint density at radius 3 is 2.59 bits per heavy atom. The number of benzene rings is 2. The highest BCUT2D eigenvalue weighted by atomic mass is 19.4. The van der Waals surface area contributed by atoms with Crippen molar-refractivity contribution in [3.63, 3.8) is 0 Å². The number of rotatable bonds is 3. The average Bonchev–Trinajstić information content (AvgIpc) is 3.47. The summed E-state index contributed by atoms with van der Waals surface area (Å²) in [5.74, 6) is 0.344. The maximum atomic E-state index is 13.7. The summed E-state index contributed by atoms with van der Waals surface area (Å²) in [4.78, 5) is 13.2. The summed E-state index contributed by atoms with van der Waals surface area (Å²) in [5, 5.41) is 3.93. The highest BCUT2D eigenvalue weighted by Crippen LogP contribution is 2.40. The third-order valence-electron chi connectivity index (χ3n) is 5.10. The molecule has 9 heteroatoms. The Morgan fingerprint density at radius 1 is 1.00 bits per heavy atom. The lowest BCUT2D eigenvalue weighted by Crippen LogP contribution is -2.22. The van der Waals surface area contributed by atoms with Gasteiger partial charge in [0.2, 0.25) is 5.82 Å². The van der Waals surface area contributed by atoms with Gasteiger partial charge in [-0.05, 0) is 49.2 Å². The predicted octanol–water partition coefficient (Wildman–Crippen LogP) is 4.90. The normalized spacial score (nSPS) is 14.8. The number of imidazole rings is 1. The van der Waals surface area contributed by atoms with E-state index in [4.69, 9.17) is 4.52 Å². The van der Waals surface area contributed by atoms with E-state index in [0.29, 0.717) is 24.5 Å². The Morgan fingerprint density at radius 2 is 1.79 bits per heavy atom. The van der Waals surface area contributed by atoms with Crippen LogP contribution in [0.1, 0.15) is 18.4 Å². The van der Waals surface area contributed by atoms with Crippen LogP contribution in [0.15, 0.2) is 47.2 Å². The molecule has 1 aliphatic heterocycles. The molecule has 0 aliphatic carbocycles. The first-order valence-corrected chi connectivity index (χ1v) is 9.23. The molecular weight excluding hydrogens is 383 g/mol. The molecule has 0 amide bonds. The van der Waals surface area contributed by atoms with E-state index >= 15 is 0 Å². The van der Waals surface area contributed by atoms with Crippen molar-refractivity contribution in [1.82, 2.24) is 20.1 Å². The van der Waals surface area contributed by atoms with Gasteiger partial charge < -0.3 is 14.4 Å². The number of nitrogens with zero attached hydrogens (tertiary/aromatic N) is 4. The summed E-state index contributed by atoms with van der Waals surface area (Å²) >= 11 is 0. The summed E-state index contributed by atoms with van der Waals surface area (Å²) in [6, 6.07) is 9.58. The van der Waals surface area contributed by atoms with E-state index in [1.807, 2.05) is 12.1 Å². The third-order valence-corrected chi connectivity index (χ3v) is 5.10. The minimum atomic E-state index is -4.47. The van der Waals surface area contributed by atoms with Gasteiger partial charge in [-0.1, -0.05) is 5.16 Å². The number of H-pyrrole nitrogens is 1. The Labute approximate surface area is 163 Å². The van der Waals surface area contributed by atoms with Crippen molar-refractivity contribution in [1.29, 1.82) is 0 Å². The van der Waals surface area contributed by atoms with Crippen LogP contribution in [0, 0.1) is 0 Å². The molecule has 0 radical (unpaired) electrons. The van der Waals surface area contributed by atoms with Crippen molar-refractivity contribution in [3.05, 3.63) is 48.3 Å². The van der Waals surface area contributed by atoms with Crippen LogP contribution in [-0.4, -0.2) is 33.2 Å². The molecule has 5 rings (SSSR count). The number of fused-ring (bicyclic) bond motifs is 1. The van der Waals surface area contributed by atoms with Gasteiger partial charge in [-0.15, -0.1) is 0 Å². The molecule has 0 unspecified atom stereocenters. The van der Waals surface area contributed by atoms with Crippen molar-refractivity contribution in [3.8, 4) is 22.8 Å². The third kappa shape index (κ3) is 3.22. The minimum absolute atomic E-state index is 0.0446. The number of alkyl halides is 3. The topological polar surface area (TPSA) is 70.8 Å². The number of aromatic nitrogens is 4. The molecular formula is C20H16F3N5O. The summed E-state index contributed by atoms with van der Waals surface area (Å²) in [6.45, 7) is 1.26. The molecule has 1 saturated heterocycles. The molecule has 148 valence electrons. The zero-order valence-corrected chi connectivity index (χ0v) is 15.2. The monoisotopic (exact) mass is 399 g/mol. The molecule has 0 saturated carbocycles. The first kappa shape index (κ1) is 17.7. The number of hydrogen-bond acceptors (Lipinski definition) is 5. The average molecular weight is 399 g/mol. The van der Waals surface area contributed by atoms with Crippen molar-refractivity contribution in [2.45, 2.75) is 19.0 Å². The highest BCUT2D eigenvalue weighted by Gasteiger charge is 2.36. The quantitative estimate of drug-likeness (QED) is 0.531. The van der Waals surface area contributed by atoms with Gasteiger partial charge in [0.25, 0.3) is 5.89 Å². The van der Waals surface area contributed by atoms with E-state index in [1.54, 1.807) is 23.4 Å². The minimum Gasteiger partial charge on any atom is -0.371 e. The predicted molar refractivity (Wildman–Crippen MR) is 101 cm³/mol. The Bertz CT molecular complexity index is 1170. The SMILES string of the molecule is FC(F)(F)c1cc(-c2nc(-c3ccc4nc[nH]c4c3)no2)ccc1N1CCCC1. The zero-order chi connectivity index (χ0) is 20.0. The van der Waals surface area contributed by atoms with E-state index in [2.05, 4.69) is 20.1 Å². The second-order valence-electron chi connectivity index (χ2n) is 6.98. The lowest BCUT2D eigenvalue weighted by Gasteiger charge is -2.23. The summed E-state index contributed by atoms with van der Waals surface area (Å²) in [7, 11) is 0. The fraction of sp³-hybridized carbons (Fsp3) is 0.250. The van der Waals surface area contributed by atoms with Crippen LogP contribution < -0.4 is 4.90 Å². The molecule has 4 aromatic rings. The van der Waals surface area contributed by atoms with Gasteiger partial charge in [0, 0.05) is 29.9 Å². The Hall–Kier alpha value is -3.36. The molecule has 3 heterocycles. The number of aromatic amines is 1. The first-order valence-electron chi connectivity index (χ1n) is 9.23. The van der Waals surface area contributed by atoms with Gasteiger partial charge in [-0.3, -0.25) is 0 Å². The smallest absolute Gasteiger partial charge is 0.371 e. The molecule has 1 N–H and O–H groups in total. The van der Waals surface area contributed by atoms with Crippen LogP contribution in [0.4, 0.5) is 18.9 Å². The van der Waals surface area contributed by atoms with Crippen LogP contribution in [0.3, 0.4) is 0 Å². The number of nitrogens with one attached hydrogen (secondary N) is 1. The van der Waals surface area contributed by atoms with Crippen LogP contribution in [0.2, 0.25) is 0 Å². The molecule has 0 spiro atoms. The van der Waals surface area contributed by atoms with Crippen molar-refractivity contribution >= 4 is 16.7 Å². The molecule has 6 nitrogen and oxygen atoms in total. The summed E-state index contributed by atoms with van der Waals surface area (Å²) in [6.07, 6.45) is -1.10. The zero-order valence-electron chi connectivity index (χ0n) is 15.2. The van der Waals surface area contributed by atoms with Gasteiger partial charge >= 0.3 is 6.18 Å². The molecule has 1 aliphatic rings. The summed E-state index contributed by atoms with van der Waals surface area (Å²) < 4.78 is 46.3. The molecule has 2 aromatic heterocycles. The fourth-order valence-electron chi connectivity index (χ4n) is 3.66. The van der Waals surface area contributed by atoms with Gasteiger partial charge in [-0.2, -0.15) is 18.2 Å². The van der Waals surface area contributed by atoms with Crippen molar-refractivity contribution in [2.75, 3.05) is 18.0 Å². The van der Waals surface area contributed by atoms with Crippen LogP contribution in [0.5, 0.6) is 0 Å². The molecule has 29 heavy (non-hydrogen) atoms. The van der Waals surface area contributed by atoms with Crippen LogP contribution in [-0.2, 0) is 6.18 Å². The van der Waals surface area contributed by atoms with E-state index in [-0.39, 0.29) is 17.1 Å². The van der Waals surface area contributed by atoms with Crippen molar-refractivity contribution < 1.29 is 17.7 Å². The molecule has 1 fully saturated rings. The lowest BCUT2D eigenvalue weighted by atomic mass is 10.1. The Kier molecular flexibility index (Phi) is 4.04. The van der Waals surface area contributed by atoms with Crippen molar-refractivity contribution in [2.24, 2.45) is 0 Å². The van der Waals surface area contributed by atoms with Gasteiger partial charge in [-0.25, -0.2) is 4.98 Å². The highest BCUT2D eigenvalue weighted by molar-refractivity contribution is 5.80. The molecule has 2 aromatic carbocycles. The second kappa shape index (κ2) is 6.61. The van der Waals surface area contributed by atoms with E-state index in [1.165, 1.54) is 6.07 Å². The number of halogens is 3. The van der Waals surface area contributed by atoms with Gasteiger partial charge in [0.1, 0.15) is 0 Å². The van der Waals surface area contributed by atoms with E-state index < -0.39 is 11.7 Å². The maximum Gasteiger partial charge on any atom is 0.418 e.